The molecule has 2 N–H and O–H groups in total. The van der Waals surface area contributed by atoms with E-state index in [4.69, 9.17) is 9.47 Å². The van der Waals surface area contributed by atoms with Crippen LogP contribution < -0.4 is 20.1 Å². The molecular formula is C16H11F2N5O2. The summed E-state index contributed by atoms with van der Waals surface area (Å²) in [6, 6.07) is 8.47. The summed E-state index contributed by atoms with van der Waals surface area (Å²) in [6.45, 7) is 0.180. The first-order chi connectivity index (χ1) is 12.2. The minimum atomic E-state index is -0.733. The normalized spacial score (nSPS) is 12.1. The van der Waals surface area contributed by atoms with Gasteiger partial charge < -0.3 is 20.1 Å². The van der Waals surface area contributed by atoms with Crippen LogP contribution in [0.15, 0.2) is 42.6 Å². The number of aromatic nitrogens is 3. The zero-order valence-corrected chi connectivity index (χ0v) is 12.7. The van der Waals surface area contributed by atoms with E-state index in [0.717, 1.165) is 12.1 Å². The molecule has 0 fully saturated rings. The van der Waals surface area contributed by atoms with Gasteiger partial charge in [0.05, 0.1) is 11.9 Å². The lowest BCUT2D eigenvalue weighted by atomic mass is 10.3. The minimum Gasteiger partial charge on any atom is -0.454 e. The second kappa shape index (κ2) is 6.19. The van der Waals surface area contributed by atoms with Crippen LogP contribution in [0.5, 0.6) is 11.5 Å². The standard InChI is InChI=1S/C16H11F2N5O2/c17-9-1-3-12(11(18)5-9)21-15-7-19-23-16(22-15)20-10-2-4-13-14(6-10)25-8-24-13/h1-7H,8H2,(H2,20,21,22,23). The van der Waals surface area contributed by atoms with Gasteiger partial charge in [0.15, 0.2) is 17.3 Å². The monoisotopic (exact) mass is 343 g/mol. The van der Waals surface area contributed by atoms with E-state index in [2.05, 4.69) is 25.8 Å². The van der Waals surface area contributed by atoms with Crippen LogP contribution in [-0.4, -0.2) is 22.0 Å². The molecule has 0 spiro atoms. The van der Waals surface area contributed by atoms with Gasteiger partial charge in [0, 0.05) is 17.8 Å². The van der Waals surface area contributed by atoms with E-state index >= 15 is 0 Å². The molecule has 2 heterocycles. The second-order valence-corrected chi connectivity index (χ2v) is 5.11. The number of ether oxygens (including phenoxy) is 2. The second-order valence-electron chi connectivity index (χ2n) is 5.11. The van der Waals surface area contributed by atoms with Crippen LogP contribution in [0.1, 0.15) is 0 Å². The van der Waals surface area contributed by atoms with Crippen molar-refractivity contribution in [2.45, 2.75) is 0 Å². The highest BCUT2D eigenvalue weighted by molar-refractivity contribution is 5.62. The number of hydrogen-bond donors (Lipinski definition) is 2. The van der Waals surface area contributed by atoms with Crippen LogP contribution >= 0.6 is 0 Å². The maximum Gasteiger partial charge on any atom is 0.249 e. The number of benzene rings is 2. The van der Waals surface area contributed by atoms with Crippen LogP contribution in [0.2, 0.25) is 0 Å². The van der Waals surface area contributed by atoms with Crippen LogP contribution in [0.4, 0.5) is 31.9 Å². The fourth-order valence-electron chi connectivity index (χ4n) is 2.25. The fourth-order valence-corrected chi connectivity index (χ4v) is 2.25. The third-order valence-electron chi connectivity index (χ3n) is 3.38. The van der Waals surface area contributed by atoms with Crippen molar-refractivity contribution in [2.75, 3.05) is 17.4 Å². The summed E-state index contributed by atoms with van der Waals surface area (Å²) in [6.07, 6.45) is 1.33. The molecule has 7 nitrogen and oxygen atoms in total. The van der Waals surface area contributed by atoms with Gasteiger partial charge in [-0.3, -0.25) is 0 Å². The summed E-state index contributed by atoms with van der Waals surface area (Å²) in [4.78, 5) is 4.19. The van der Waals surface area contributed by atoms with Gasteiger partial charge in [-0.15, -0.1) is 5.10 Å². The molecule has 0 saturated carbocycles. The van der Waals surface area contributed by atoms with E-state index in [1.807, 2.05) is 0 Å². The molecule has 0 radical (unpaired) electrons. The highest BCUT2D eigenvalue weighted by Gasteiger charge is 2.14. The average molecular weight is 343 g/mol. The van der Waals surface area contributed by atoms with Gasteiger partial charge in [0.25, 0.3) is 0 Å². The Morgan fingerprint density at radius 2 is 1.84 bits per heavy atom. The van der Waals surface area contributed by atoms with Crippen LogP contribution in [0, 0.1) is 11.6 Å². The first-order valence-electron chi connectivity index (χ1n) is 7.26. The molecular weight excluding hydrogens is 332 g/mol. The highest BCUT2D eigenvalue weighted by Crippen LogP contribution is 2.34. The Hall–Kier alpha value is -3.49. The Morgan fingerprint density at radius 1 is 0.960 bits per heavy atom. The first kappa shape index (κ1) is 15.1. The highest BCUT2D eigenvalue weighted by atomic mass is 19.1. The summed E-state index contributed by atoms with van der Waals surface area (Å²) >= 11 is 0. The fraction of sp³-hybridized carbons (Fsp3) is 0.0625. The zero-order valence-electron chi connectivity index (χ0n) is 12.7. The lowest BCUT2D eigenvalue weighted by Crippen LogP contribution is -2.03. The number of halogens is 2. The number of nitrogens with zero attached hydrogens (tertiary/aromatic N) is 3. The number of rotatable bonds is 4. The zero-order chi connectivity index (χ0) is 17.2. The molecule has 0 saturated heterocycles. The molecule has 3 aromatic rings. The molecule has 0 bridgehead atoms. The molecule has 0 atom stereocenters. The molecule has 1 aliphatic rings. The first-order valence-corrected chi connectivity index (χ1v) is 7.26. The molecule has 1 aromatic heterocycles. The maximum atomic E-state index is 13.7. The van der Waals surface area contributed by atoms with Crippen molar-refractivity contribution in [3.8, 4) is 11.5 Å². The average Bonchev–Trinajstić information content (AvgIpc) is 3.05. The van der Waals surface area contributed by atoms with E-state index in [9.17, 15) is 8.78 Å². The van der Waals surface area contributed by atoms with Crippen molar-refractivity contribution in [3.05, 3.63) is 54.2 Å². The number of anilines is 4. The Labute approximate surface area is 140 Å². The summed E-state index contributed by atoms with van der Waals surface area (Å²) in [5.74, 6) is 0.334. The van der Waals surface area contributed by atoms with Gasteiger partial charge in [-0.1, -0.05) is 0 Å². The van der Waals surface area contributed by atoms with E-state index in [1.165, 1.54) is 12.3 Å². The Balaban J connectivity index is 1.53. The topological polar surface area (TPSA) is 81.2 Å². The lowest BCUT2D eigenvalue weighted by molar-refractivity contribution is 0.174. The summed E-state index contributed by atoms with van der Waals surface area (Å²) in [7, 11) is 0. The molecule has 1 aliphatic heterocycles. The van der Waals surface area contributed by atoms with Gasteiger partial charge in [-0.05, 0) is 24.3 Å². The molecule has 25 heavy (non-hydrogen) atoms. The van der Waals surface area contributed by atoms with Crippen LogP contribution in [0.25, 0.3) is 0 Å². The third kappa shape index (κ3) is 3.25. The summed E-state index contributed by atoms with van der Waals surface area (Å²) < 4.78 is 37.2. The predicted octanol–water partition coefficient (Wildman–Crippen LogP) is 3.37. The van der Waals surface area contributed by atoms with E-state index in [0.29, 0.717) is 17.2 Å². The van der Waals surface area contributed by atoms with Crippen molar-refractivity contribution < 1.29 is 18.3 Å². The molecule has 2 aromatic carbocycles. The van der Waals surface area contributed by atoms with Crippen LogP contribution in [0.3, 0.4) is 0 Å². The van der Waals surface area contributed by atoms with E-state index in [-0.39, 0.29) is 24.2 Å². The number of hydrogen-bond acceptors (Lipinski definition) is 7. The quantitative estimate of drug-likeness (QED) is 0.752. The molecule has 0 aliphatic carbocycles. The predicted molar refractivity (Wildman–Crippen MR) is 85.3 cm³/mol. The van der Waals surface area contributed by atoms with Crippen molar-refractivity contribution in [2.24, 2.45) is 0 Å². The van der Waals surface area contributed by atoms with Gasteiger partial charge >= 0.3 is 0 Å². The Bertz CT molecular complexity index is 938. The molecule has 0 unspecified atom stereocenters. The van der Waals surface area contributed by atoms with Gasteiger partial charge in [-0.25, -0.2) is 8.78 Å². The van der Waals surface area contributed by atoms with Crippen molar-refractivity contribution in [1.29, 1.82) is 0 Å². The Kier molecular flexibility index (Phi) is 3.73. The minimum absolute atomic E-state index is 0.0796. The number of nitrogens with one attached hydrogen (secondary N) is 2. The van der Waals surface area contributed by atoms with Crippen molar-refractivity contribution >= 4 is 23.1 Å². The molecule has 126 valence electrons. The van der Waals surface area contributed by atoms with Crippen LogP contribution in [-0.2, 0) is 0 Å². The largest absolute Gasteiger partial charge is 0.454 e. The van der Waals surface area contributed by atoms with E-state index in [1.54, 1.807) is 18.2 Å². The van der Waals surface area contributed by atoms with Crippen molar-refractivity contribution in [3.63, 3.8) is 0 Å². The number of fused-ring (bicyclic) bond motifs is 1. The smallest absolute Gasteiger partial charge is 0.249 e. The van der Waals surface area contributed by atoms with Crippen molar-refractivity contribution in [1.82, 2.24) is 15.2 Å². The SMILES string of the molecule is Fc1ccc(Nc2cnnc(Nc3ccc4c(c3)OCO4)n2)c(F)c1. The molecule has 0 amide bonds. The van der Waals surface area contributed by atoms with E-state index < -0.39 is 11.6 Å². The molecule has 4 rings (SSSR count). The molecule has 9 heteroatoms. The van der Waals surface area contributed by atoms with Gasteiger partial charge in [0.2, 0.25) is 12.7 Å². The van der Waals surface area contributed by atoms with Gasteiger partial charge in [0.1, 0.15) is 11.6 Å². The van der Waals surface area contributed by atoms with Gasteiger partial charge in [-0.2, -0.15) is 10.1 Å². The maximum absolute atomic E-state index is 13.7. The third-order valence-corrected chi connectivity index (χ3v) is 3.38. The Morgan fingerprint density at radius 3 is 2.72 bits per heavy atom. The lowest BCUT2D eigenvalue weighted by Gasteiger charge is -2.09. The summed E-state index contributed by atoms with van der Waals surface area (Å²) in [5.41, 5.74) is 0.757. The summed E-state index contributed by atoms with van der Waals surface area (Å²) in [5, 5.41) is 13.4.